The van der Waals surface area contributed by atoms with Crippen molar-refractivity contribution in [1.29, 1.82) is 0 Å². The predicted octanol–water partition coefficient (Wildman–Crippen LogP) is 5.81. The third-order valence-corrected chi connectivity index (χ3v) is 5.37. The molecule has 2 aromatic rings. The molecule has 1 aliphatic rings. The molecule has 0 spiro atoms. The van der Waals surface area contributed by atoms with Crippen LogP contribution in [0.15, 0.2) is 48.5 Å². The second-order valence-electron chi connectivity index (χ2n) is 9.23. The van der Waals surface area contributed by atoms with Crippen LogP contribution in [0.1, 0.15) is 39.2 Å². The van der Waals surface area contributed by atoms with Crippen molar-refractivity contribution in [2.24, 2.45) is 5.92 Å². The smallest absolute Gasteiger partial charge is 0.372 e. The van der Waals surface area contributed by atoms with E-state index in [2.05, 4.69) is 16.0 Å². The maximum atomic E-state index is 12.8. The number of rotatable bonds is 5. The van der Waals surface area contributed by atoms with Crippen LogP contribution in [-0.2, 0) is 6.54 Å². The molecule has 1 aliphatic heterocycles. The van der Waals surface area contributed by atoms with E-state index in [9.17, 15) is 18.0 Å². The van der Waals surface area contributed by atoms with Gasteiger partial charge in [-0.3, -0.25) is 0 Å². The first-order valence-electron chi connectivity index (χ1n) is 10.8. The van der Waals surface area contributed by atoms with E-state index < -0.39 is 12.1 Å². The van der Waals surface area contributed by atoms with E-state index >= 15 is 0 Å². The molecular formula is C24H31F3N4O. The van der Waals surface area contributed by atoms with Crippen molar-refractivity contribution in [1.82, 2.24) is 10.6 Å². The minimum absolute atomic E-state index is 0.141. The van der Waals surface area contributed by atoms with Crippen LogP contribution in [0.2, 0.25) is 0 Å². The van der Waals surface area contributed by atoms with Gasteiger partial charge in [-0.15, -0.1) is 0 Å². The number of carbonyl (C=O) groups is 1. The Labute approximate surface area is 187 Å². The number of anilines is 3. The molecule has 0 saturated carbocycles. The predicted molar refractivity (Wildman–Crippen MR) is 122 cm³/mol. The first kappa shape index (κ1) is 23.8. The van der Waals surface area contributed by atoms with E-state index in [1.54, 1.807) is 0 Å². The molecule has 0 aromatic heterocycles. The van der Waals surface area contributed by atoms with Gasteiger partial charge in [0.15, 0.2) is 0 Å². The van der Waals surface area contributed by atoms with Gasteiger partial charge in [0.05, 0.1) is 5.92 Å². The molecule has 32 heavy (non-hydrogen) atoms. The van der Waals surface area contributed by atoms with Crippen molar-refractivity contribution in [3.8, 4) is 0 Å². The molecule has 0 atom stereocenters. The van der Waals surface area contributed by atoms with Gasteiger partial charge in [-0.1, -0.05) is 12.1 Å². The lowest BCUT2D eigenvalue weighted by atomic mass is 9.96. The van der Waals surface area contributed by atoms with Crippen molar-refractivity contribution in [2.75, 3.05) is 23.3 Å². The van der Waals surface area contributed by atoms with E-state index in [-0.39, 0.29) is 24.4 Å². The maximum absolute atomic E-state index is 12.8. The second-order valence-corrected chi connectivity index (χ2v) is 9.23. The molecule has 8 heteroatoms. The number of halogens is 3. The molecule has 3 N–H and O–H groups in total. The summed E-state index contributed by atoms with van der Waals surface area (Å²) in [5, 5.41) is 9.01. The molecule has 1 saturated heterocycles. The van der Waals surface area contributed by atoms with Crippen LogP contribution in [0, 0.1) is 5.92 Å². The second kappa shape index (κ2) is 9.71. The van der Waals surface area contributed by atoms with Crippen LogP contribution in [-0.4, -0.2) is 30.8 Å². The van der Waals surface area contributed by atoms with Gasteiger partial charge >= 0.3 is 12.2 Å². The summed E-state index contributed by atoms with van der Waals surface area (Å²) in [6.45, 7) is 7.04. The average Bonchev–Trinajstić information content (AvgIpc) is 2.72. The molecule has 0 aliphatic carbocycles. The zero-order chi connectivity index (χ0) is 23.4. The average molecular weight is 449 g/mol. The number of hydrogen-bond donors (Lipinski definition) is 3. The Kier molecular flexibility index (Phi) is 7.21. The normalized spacial score (nSPS) is 15.4. The lowest BCUT2D eigenvalue weighted by Gasteiger charge is -2.34. The summed E-state index contributed by atoms with van der Waals surface area (Å²) in [7, 11) is 0. The van der Waals surface area contributed by atoms with E-state index in [1.165, 1.54) is 0 Å². The molecule has 1 heterocycles. The van der Waals surface area contributed by atoms with Crippen LogP contribution in [0.25, 0.3) is 0 Å². The van der Waals surface area contributed by atoms with Crippen LogP contribution >= 0.6 is 0 Å². The molecule has 2 aromatic carbocycles. The Hall–Kier alpha value is -2.90. The molecule has 0 bridgehead atoms. The molecule has 5 nitrogen and oxygen atoms in total. The van der Waals surface area contributed by atoms with Crippen molar-refractivity contribution in [3.05, 3.63) is 54.1 Å². The van der Waals surface area contributed by atoms with E-state index in [0.717, 1.165) is 22.6 Å². The number of alkyl halides is 3. The van der Waals surface area contributed by atoms with Crippen molar-refractivity contribution < 1.29 is 18.0 Å². The topological polar surface area (TPSA) is 56.4 Å². The van der Waals surface area contributed by atoms with Crippen LogP contribution in [0.5, 0.6) is 0 Å². The van der Waals surface area contributed by atoms with Gasteiger partial charge in [-0.05, 0) is 75.6 Å². The highest BCUT2D eigenvalue weighted by Crippen LogP contribution is 2.35. The third kappa shape index (κ3) is 7.07. The van der Waals surface area contributed by atoms with Gasteiger partial charge in [0.1, 0.15) is 0 Å². The quantitative estimate of drug-likeness (QED) is 0.541. The van der Waals surface area contributed by atoms with Crippen molar-refractivity contribution in [3.63, 3.8) is 0 Å². The van der Waals surface area contributed by atoms with Gasteiger partial charge in [-0.25, -0.2) is 4.79 Å². The summed E-state index contributed by atoms with van der Waals surface area (Å²) in [6, 6.07) is 15.3. The summed E-state index contributed by atoms with van der Waals surface area (Å²) in [6.07, 6.45) is -3.81. The molecule has 174 valence electrons. The summed E-state index contributed by atoms with van der Waals surface area (Å²) in [5.74, 6) is -1.19. The zero-order valence-corrected chi connectivity index (χ0v) is 18.7. The fourth-order valence-electron chi connectivity index (χ4n) is 3.66. The third-order valence-electron chi connectivity index (χ3n) is 5.37. The number of amides is 2. The largest absolute Gasteiger partial charge is 0.391 e. The fraction of sp³-hybridized carbons (Fsp3) is 0.458. The zero-order valence-electron chi connectivity index (χ0n) is 18.7. The SMILES string of the molecule is CC(C)(C)NC(=O)NCc1ccc(Nc2ccc(N3CCC(C(F)(F)F)CC3)cc2)cc1. The van der Waals surface area contributed by atoms with Crippen molar-refractivity contribution >= 4 is 23.1 Å². The van der Waals surface area contributed by atoms with Gasteiger partial charge < -0.3 is 20.9 Å². The molecule has 3 rings (SSSR count). The number of benzene rings is 2. The number of nitrogens with zero attached hydrogens (tertiary/aromatic N) is 1. The Bertz CT molecular complexity index is 881. The Morgan fingerprint density at radius 3 is 1.97 bits per heavy atom. The summed E-state index contributed by atoms with van der Waals surface area (Å²) >= 11 is 0. The lowest BCUT2D eigenvalue weighted by Crippen LogP contribution is -2.46. The minimum atomic E-state index is -4.09. The summed E-state index contributed by atoms with van der Waals surface area (Å²) < 4.78 is 38.5. The van der Waals surface area contributed by atoms with E-state index in [4.69, 9.17) is 0 Å². The highest BCUT2D eigenvalue weighted by atomic mass is 19.4. The summed E-state index contributed by atoms with van der Waals surface area (Å²) in [4.78, 5) is 13.9. The number of urea groups is 1. The Morgan fingerprint density at radius 2 is 1.47 bits per heavy atom. The Balaban J connectivity index is 1.49. The van der Waals surface area contributed by atoms with Crippen LogP contribution in [0.3, 0.4) is 0 Å². The molecule has 1 fully saturated rings. The summed E-state index contributed by atoms with van der Waals surface area (Å²) in [5.41, 5.74) is 3.44. The Morgan fingerprint density at radius 1 is 0.938 bits per heavy atom. The highest BCUT2D eigenvalue weighted by Gasteiger charge is 2.41. The number of nitrogens with one attached hydrogen (secondary N) is 3. The molecule has 2 amide bonds. The first-order valence-corrected chi connectivity index (χ1v) is 10.8. The van der Waals surface area contributed by atoms with E-state index in [0.29, 0.717) is 19.6 Å². The minimum Gasteiger partial charge on any atom is -0.372 e. The van der Waals surface area contributed by atoms with Crippen LogP contribution in [0.4, 0.5) is 35.0 Å². The van der Waals surface area contributed by atoms with Crippen molar-refractivity contribution in [2.45, 2.75) is 51.9 Å². The number of carbonyl (C=O) groups excluding carboxylic acids is 1. The number of hydrogen-bond acceptors (Lipinski definition) is 3. The number of piperidine rings is 1. The first-order chi connectivity index (χ1) is 15.0. The monoisotopic (exact) mass is 448 g/mol. The maximum Gasteiger partial charge on any atom is 0.391 e. The van der Waals surface area contributed by atoms with Gasteiger partial charge in [0.2, 0.25) is 0 Å². The van der Waals surface area contributed by atoms with Gasteiger partial charge in [-0.2, -0.15) is 13.2 Å². The van der Waals surface area contributed by atoms with Gasteiger partial charge in [0.25, 0.3) is 0 Å². The van der Waals surface area contributed by atoms with E-state index in [1.807, 2.05) is 74.2 Å². The molecule has 0 unspecified atom stereocenters. The lowest BCUT2D eigenvalue weighted by molar-refractivity contribution is -0.179. The molecule has 0 radical (unpaired) electrons. The van der Waals surface area contributed by atoms with Crippen LogP contribution < -0.4 is 20.9 Å². The van der Waals surface area contributed by atoms with Gasteiger partial charge in [0, 0.05) is 42.2 Å². The highest BCUT2D eigenvalue weighted by molar-refractivity contribution is 5.74. The molecular weight excluding hydrogens is 417 g/mol. The fourth-order valence-corrected chi connectivity index (χ4v) is 3.66. The standard InChI is InChI=1S/C24H31F3N4O/c1-23(2,3)30-22(32)28-16-17-4-6-19(7-5-17)29-20-8-10-21(11-9-20)31-14-12-18(13-15-31)24(25,26)27/h4-11,18,29H,12-16H2,1-3H3,(H2,28,30,32).